The third-order valence-electron chi connectivity index (χ3n) is 4.68. The first kappa shape index (κ1) is 18.4. The van der Waals surface area contributed by atoms with Gasteiger partial charge in [0.15, 0.2) is 0 Å². The van der Waals surface area contributed by atoms with E-state index in [2.05, 4.69) is 10.4 Å². The first-order valence-corrected chi connectivity index (χ1v) is 8.58. The number of nitrogens with one attached hydrogen (secondary N) is 1. The number of carbonyl (C=O) groups excluding carboxylic acids is 1. The number of aryl methyl sites for hydroxylation is 2. The maximum absolute atomic E-state index is 12.2. The van der Waals surface area contributed by atoms with Crippen molar-refractivity contribution in [3.05, 3.63) is 17.5 Å². The highest BCUT2D eigenvalue weighted by atomic mass is 16.4. The van der Waals surface area contributed by atoms with Crippen molar-refractivity contribution >= 4 is 11.9 Å². The molecular formula is C17H28N4O3. The van der Waals surface area contributed by atoms with Crippen molar-refractivity contribution in [3.63, 3.8) is 0 Å². The van der Waals surface area contributed by atoms with Gasteiger partial charge in [-0.15, -0.1) is 0 Å². The third-order valence-corrected chi connectivity index (χ3v) is 4.68. The Bertz CT molecular complexity index is 593. The van der Waals surface area contributed by atoms with E-state index in [4.69, 9.17) is 5.11 Å². The van der Waals surface area contributed by atoms with Crippen LogP contribution in [0.2, 0.25) is 0 Å². The van der Waals surface area contributed by atoms with Gasteiger partial charge in [0, 0.05) is 24.2 Å². The first-order chi connectivity index (χ1) is 11.3. The van der Waals surface area contributed by atoms with Crippen LogP contribution in [0.3, 0.4) is 0 Å². The molecule has 7 heteroatoms. The molecule has 1 saturated carbocycles. The standard InChI is InChI=1S/C17H28N4O3/c1-5-20(10-17(23)24)15-8-14(9-15)18-16(22)7-13(4)21-12(3)6-11(2)19-21/h6,13-15H,5,7-10H2,1-4H3,(H,18,22)(H,23,24). The van der Waals surface area contributed by atoms with Crippen LogP contribution in [0.5, 0.6) is 0 Å². The van der Waals surface area contributed by atoms with Gasteiger partial charge >= 0.3 is 5.97 Å². The largest absolute Gasteiger partial charge is 0.480 e. The molecule has 2 rings (SSSR count). The highest BCUT2D eigenvalue weighted by Gasteiger charge is 2.34. The summed E-state index contributed by atoms with van der Waals surface area (Å²) in [6, 6.07) is 2.43. The number of aromatic nitrogens is 2. The molecule has 1 atom stereocenters. The number of nitrogens with zero attached hydrogens (tertiary/aromatic N) is 3. The molecule has 1 aromatic rings. The lowest BCUT2D eigenvalue weighted by atomic mass is 9.85. The van der Waals surface area contributed by atoms with Crippen molar-refractivity contribution < 1.29 is 14.7 Å². The number of hydrogen-bond acceptors (Lipinski definition) is 4. The van der Waals surface area contributed by atoms with Crippen LogP contribution in [-0.4, -0.2) is 56.8 Å². The number of carboxylic acids is 1. The van der Waals surface area contributed by atoms with Gasteiger partial charge in [0.2, 0.25) is 5.91 Å². The minimum atomic E-state index is -0.803. The van der Waals surface area contributed by atoms with Crippen LogP contribution in [0, 0.1) is 13.8 Å². The van der Waals surface area contributed by atoms with E-state index in [-0.39, 0.29) is 30.6 Å². The third kappa shape index (κ3) is 4.56. The van der Waals surface area contributed by atoms with Gasteiger partial charge in [-0.05, 0) is 46.2 Å². The fourth-order valence-corrected chi connectivity index (χ4v) is 3.41. The fourth-order valence-electron chi connectivity index (χ4n) is 3.41. The van der Waals surface area contributed by atoms with E-state index in [9.17, 15) is 9.59 Å². The van der Waals surface area contributed by atoms with Crippen LogP contribution in [0.25, 0.3) is 0 Å². The van der Waals surface area contributed by atoms with Crippen LogP contribution in [0.15, 0.2) is 6.07 Å². The molecule has 1 amide bonds. The Morgan fingerprint density at radius 1 is 1.46 bits per heavy atom. The molecule has 0 saturated heterocycles. The SMILES string of the molecule is CCN(CC(=O)O)C1CC(NC(=O)CC(C)n2nc(C)cc2C)C1. The molecule has 134 valence electrons. The summed E-state index contributed by atoms with van der Waals surface area (Å²) in [5.74, 6) is -0.775. The van der Waals surface area contributed by atoms with Crippen LogP contribution < -0.4 is 5.32 Å². The quantitative estimate of drug-likeness (QED) is 0.751. The predicted molar refractivity (Wildman–Crippen MR) is 90.9 cm³/mol. The van der Waals surface area contributed by atoms with E-state index in [1.54, 1.807) is 0 Å². The van der Waals surface area contributed by atoms with Crippen LogP contribution in [-0.2, 0) is 9.59 Å². The van der Waals surface area contributed by atoms with Crippen molar-refractivity contribution in [2.24, 2.45) is 0 Å². The fraction of sp³-hybridized carbons (Fsp3) is 0.706. The Morgan fingerprint density at radius 2 is 2.12 bits per heavy atom. The number of rotatable bonds is 8. The molecule has 7 nitrogen and oxygen atoms in total. The molecular weight excluding hydrogens is 308 g/mol. The molecule has 1 aliphatic rings. The van der Waals surface area contributed by atoms with Gasteiger partial charge in [-0.2, -0.15) is 5.10 Å². The van der Waals surface area contributed by atoms with E-state index in [1.165, 1.54) is 0 Å². The average molecular weight is 336 g/mol. The molecule has 1 aliphatic carbocycles. The Balaban J connectivity index is 1.76. The van der Waals surface area contributed by atoms with Gasteiger partial charge in [0.1, 0.15) is 0 Å². The van der Waals surface area contributed by atoms with Gasteiger partial charge in [0.25, 0.3) is 0 Å². The van der Waals surface area contributed by atoms with E-state index < -0.39 is 5.97 Å². The van der Waals surface area contributed by atoms with E-state index in [0.717, 1.165) is 24.2 Å². The second kappa shape index (κ2) is 7.79. The molecule has 0 radical (unpaired) electrons. The zero-order valence-electron chi connectivity index (χ0n) is 15.0. The summed E-state index contributed by atoms with van der Waals surface area (Å²) in [4.78, 5) is 25.0. The van der Waals surface area contributed by atoms with Gasteiger partial charge in [-0.25, -0.2) is 0 Å². The summed E-state index contributed by atoms with van der Waals surface area (Å²) in [6.45, 7) is 8.68. The lowest BCUT2D eigenvalue weighted by Crippen LogP contribution is -2.54. The lowest BCUT2D eigenvalue weighted by molar-refractivity contribution is -0.139. The summed E-state index contributed by atoms with van der Waals surface area (Å²) in [5, 5.41) is 16.4. The Hall–Kier alpha value is -1.89. The maximum Gasteiger partial charge on any atom is 0.317 e. The number of aliphatic carboxylic acids is 1. The molecule has 0 bridgehead atoms. The maximum atomic E-state index is 12.2. The van der Waals surface area contributed by atoms with Crippen LogP contribution in [0.1, 0.15) is 50.5 Å². The molecule has 1 unspecified atom stereocenters. The smallest absolute Gasteiger partial charge is 0.317 e. The van der Waals surface area contributed by atoms with Gasteiger partial charge in [-0.3, -0.25) is 19.2 Å². The molecule has 0 spiro atoms. The molecule has 2 N–H and O–H groups in total. The minimum Gasteiger partial charge on any atom is -0.480 e. The van der Waals surface area contributed by atoms with Gasteiger partial charge in [0.05, 0.1) is 18.3 Å². The summed E-state index contributed by atoms with van der Waals surface area (Å²) in [5.41, 5.74) is 2.02. The van der Waals surface area contributed by atoms with E-state index >= 15 is 0 Å². The summed E-state index contributed by atoms with van der Waals surface area (Å²) in [6.07, 6.45) is 2.04. The Morgan fingerprint density at radius 3 is 2.62 bits per heavy atom. The molecule has 0 aliphatic heterocycles. The van der Waals surface area contributed by atoms with Gasteiger partial charge < -0.3 is 10.4 Å². The van der Waals surface area contributed by atoms with Crippen molar-refractivity contribution in [2.75, 3.05) is 13.1 Å². The Kier molecular flexibility index (Phi) is 5.99. The molecule has 1 aromatic heterocycles. The summed E-state index contributed by atoms with van der Waals surface area (Å²) in [7, 11) is 0. The highest BCUT2D eigenvalue weighted by Crippen LogP contribution is 2.26. The first-order valence-electron chi connectivity index (χ1n) is 8.58. The van der Waals surface area contributed by atoms with Gasteiger partial charge in [-0.1, -0.05) is 6.92 Å². The van der Waals surface area contributed by atoms with E-state index in [1.807, 2.05) is 43.3 Å². The monoisotopic (exact) mass is 336 g/mol. The highest BCUT2D eigenvalue weighted by molar-refractivity contribution is 5.76. The molecule has 1 heterocycles. The molecule has 0 aromatic carbocycles. The molecule has 24 heavy (non-hydrogen) atoms. The van der Waals surface area contributed by atoms with Crippen molar-refractivity contribution in [2.45, 2.75) is 65.1 Å². The normalized spacial score (nSPS) is 21.4. The average Bonchev–Trinajstić information content (AvgIpc) is 2.79. The van der Waals surface area contributed by atoms with E-state index in [0.29, 0.717) is 13.0 Å². The number of carboxylic acid groups (broad SMARTS) is 1. The second-order valence-electron chi connectivity index (χ2n) is 6.77. The van der Waals surface area contributed by atoms with Crippen LogP contribution >= 0.6 is 0 Å². The second-order valence-corrected chi connectivity index (χ2v) is 6.77. The number of carbonyl (C=O) groups is 2. The number of amides is 1. The number of likely N-dealkylation sites (N-methyl/N-ethyl adjacent to an activating group) is 1. The zero-order valence-corrected chi connectivity index (χ0v) is 15.0. The zero-order chi connectivity index (χ0) is 17.9. The van der Waals surface area contributed by atoms with Crippen LogP contribution in [0.4, 0.5) is 0 Å². The van der Waals surface area contributed by atoms with Crippen molar-refractivity contribution in [1.29, 1.82) is 0 Å². The lowest BCUT2D eigenvalue weighted by Gasteiger charge is -2.42. The topological polar surface area (TPSA) is 87.5 Å². The van der Waals surface area contributed by atoms with Crippen molar-refractivity contribution in [3.8, 4) is 0 Å². The Labute approximate surface area is 143 Å². The van der Waals surface area contributed by atoms with Crippen molar-refractivity contribution in [1.82, 2.24) is 20.0 Å². The minimum absolute atomic E-state index is 0.0220. The summed E-state index contributed by atoms with van der Waals surface area (Å²) >= 11 is 0. The predicted octanol–water partition coefficient (Wildman–Crippen LogP) is 1.50. The number of hydrogen-bond donors (Lipinski definition) is 2. The molecule has 1 fully saturated rings. The summed E-state index contributed by atoms with van der Waals surface area (Å²) < 4.78 is 1.89.